The number of rotatable bonds is 3. The quantitative estimate of drug-likeness (QED) is 0.772. The summed E-state index contributed by atoms with van der Waals surface area (Å²) in [5.74, 6) is 0. The Hall–Kier alpha value is -2.07. The predicted octanol–water partition coefficient (Wildman–Crippen LogP) is 4.21. The number of hydrogen-bond donors (Lipinski definition) is 1. The minimum absolute atomic E-state index is 1.00. The lowest BCUT2D eigenvalue weighted by molar-refractivity contribution is 1.17. The topological polar surface area (TPSA) is 31.9 Å². The normalized spacial score (nSPS) is 10.6. The number of aryl methyl sites for hydroxylation is 1. The molecule has 0 aliphatic heterocycles. The number of H-pyrrole nitrogens is 1. The summed E-state index contributed by atoms with van der Waals surface area (Å²) in [5.41, 5.74) is 4.46. The molecule has 0 bridgehead atoms. The fourth-order valence-corrected chi connectivity index (χ4v) is 2.79. The van der Waals surface area contributed by atoms with Crippen molar-refractivity contribution in [2.24, 2.45) is 0 Å². The first-order valence-corrected chi connectivity index (χ1v) is 7.02. The van der Waals surface area contributed by atoms with Crippen LogP contribution in [0.15, 0.2) is 48.0 Å². The van der Waals surface area contributed by atoms with Crippen LogP contribution in [0.4, 0.5) is 10.8 Å². The van der Waals surface area contributed by atoms with Gasteiger partial charge in [-0.2, -0.15) is 0 Å². The van der Waals surface area contributed by atoms with Gasteiger partial charge in [-0.25, -0.2) is 4.98 Å². The Morgan fingerprint density at radius 2 is 2.00 bits per heavy atom. The third kappa shape index (κ3) is 2.39. The van der Waals surface area contributed by atoms with E-state index in [2.05, 4.69) is 33.5 Å². The summed E-state index contributed by atoms with van der Waals surface area (Å²) in [7, 11) is 2.04. The molecule has 4 heteroatoms. The first-order valence-electron chi connectivity index (χ1n) is 6.14. The monoisotopic (exact) mass is 269 g/mol. The molecule has 0 atom stereocenters. The second kappa shape index (κ2) is 4.90. The first-order chi connectivity index (χ1) is 9.24. The van der Waals surface area contributed by atoms with Gasteiger partial charge in [-0.15, -0.1) is 11.3 Å². The molecule has 2 heterocycles. The van der Waals surface area contributed by atoms with Crippen LogP contribution in [0.25, 0.3) is 11.3 Å². The third-order valence-corrected chi connectivity index (χ3v) is 3.96. The number of nitrogens with zero attached hydrogens (tertiary/aromatic N) is 2. The Kier molecular flexibility index (Phi) is 3.09. The van der Waals surface area contributed by atoms with Gasteiger partial charge in [0.05, 0.1) is 5.69 Å². The molecule has 3 nitrogen and oxygen atoms in total. The average molecular weight is 269 g/mol. The van der Waals surface area contributed by atoms with Crippen LogP contribution in [0.1, 0.15) is 5.69 Å². The zero-order chi connectivity index (χ0) is 13.2. The van der Waals surface area contributed by atoms with Gasteiger partial charge in [0.2, 0.25) is 0 Å². The molecular weight excluding hydrogens is 254 g/mol. The molecular formula is C15H15N3S. The Balaban J connectivity index is 1.89. The summed E-state index contributed by atoms with van der Waals surface area (Å²) in [6.07, 6.45) is 2.00. The zero-order valence-electron chi connectivity index (χ0n) is 10.9. The smallest absolute Gasteiger partial charge is 0.190 e. The van der Waals surface area contributed by atoms with Gasteiger partial charge in [-0.1, -0.05) is 18.2 Å². The van der Waals surface area contributed by atoms with Gasteiger partial charge in [-0.3, -0.25) is 0 Å². The lowest BCUT2D eigenvalue weighted by atomic mass is 10.2. The molecule has 1 aromatic carbocycles. The maximum absolute atomic E-state index is 4.69. The molecule has 96 valence electrons. The van der Waals surface area contributed by atoms with Gasteiger partial charge in [0.25, 0.3) is 0 Å². The summed E-state index contributed by atoms with van der Waals surface area (Å²) in [6.45, 7) is 2.05. The minimum atomic E-state index is 1.00. The SMILES string of the molecule is Cc1cc(-c2csc(N(C)c3ccccc3)n2)c[nH]1. The van der Waals surface area contributed by atoms with E-state index in [0.29, 0.717) is 0 Å². The molecule has 0 amide bonds. The maximum atomic E-state index is 4.69. The molecule has 19 heavy (non-hydrogen) atoms. The van der Waals surface area contributed by atoms with Crippen LogP contribution >= 0.6 is 11.3 Å². The van der Waals surface area contributed by atoms with E-state index in [-0.39, 0.29) is 0 Å². The number of para-hydroxylation sites is 1. The molecule has 3 aromatic rings. The Morgan fingerprint density at radius 3 is 2.68 bits per heavy atom. The number of aromatic amines is 1. The minimum Gasteiger partial charge on any atom is -0.365 e. The molecule has 0 aliphatic carbocycles. The largest absolute Gasteiger partial charge is 0.365 e. The van der Waals surface area contributed by atoms with E-state index in [1.54, 1.807) is 11.3 Å². The van der Waals surface area contributed by atoms with Crippen LogP contribution in [0.3, 0.4) is 0 Å². The van der Waals surface area contributed by atoms with Gasteiger partial charge < -0.3 is 9.88 Å². The average Bonchev–Trinajstić information content (AvgIpc) is 3.07. The lowest BCUT2D eigenvalue weighted by Crippen LogP contribution is -2.08. The van der Waals surface area contributed by atoms with Crippen LogP contribution in [0.5, 0.6) is 0 Å². The van der Waals surface area contributed by atoms with Crippen molar-refractivity contribution in [2.75, 3.05) is 11.9 Å². The molecule has 0 saturated carbocycles. The lowest BCUT2D eigenvalue weighted by Gasteiger charge is -2.15. The van der Waals surface area contributed by atoms with Gasteiger partial charge in [0.15, 0.2) is 5.13 Å². The van der Waals surface area contributed by atoms with Crippen LogP contribution in [0, 0.1) is 6.92 Å². The second-order valence-electron chi connectivity index (χ2n) is 4.48. The molecule has 2 aromatic heterocycles. The molecule has 0 unspecified atom stereocenters. The fraction of sp³-hybridized carbons (Fsp3) is 0.133. The van der Waals surface area contributed by atoms with Crippen molar-refractivity contribution in [2.45, 2.75) is 6.92 Å². The van der Waals surface area contributed by atoms with Gasteiger partial charge >= 0.3 is 0 Å². The van der Waals surface area contributed by atoms with Crippen molar-refractivity contribution in [1.82, 2.24) is 9.97 Å². The number of aromatic nitrogens is 2. The third-order valence-electron chi connectivity index (χ3n) is 3.05. The van der Waals surface area contributed by atoms with Crippen LogP contribution < -0.4 is 4.90 Å². The summed E-state index contributed by atoms with van der Waals surface area (Å²) < 4.78 is 0. The van der Waals surface area contributed by atoms with E-state index in [1.165, 1.54) is 0 Å². The second-order valence-corrected chi connectivity index (χ2v) is 5.32. The van der Waals surface area contributed by atoms with Crippen molar-refractivity contribution >= 4 is 22.2 Å². The van der Waals surface area contributed by atoms with Crippen molar-refractivity contribution in [3.8, 4) is 11.3 Å². The van der Waals surface area contributed by atoms with E-state index in [9.17, 15) is 0 Å². The molecule has 0 spiro atoms. The number of nitrogens with one attached hydrogen (secondary N) is 1. The molecule has 0 aliphatic rings. The molecule has 1 N–H and O–H groups in total. The number of hydrogen-bond acceptors (Lipinski definition) is 3. The number of thiazole rings is 1. The van der Waals surface area contributed by atoms with Crippen LogP contribution in [-0.4, -0.2) is 17.0 Å². The molecule has 0 radical (unpaired) electrons. The summed E-state index contributed by atoms with van der Waals surface area (Å²) in [4.78, 5) is 9.99. The highest BCUT2D eigenvalue weighted by molar-refractivity contribution is 7.14. The zero-order valence-corrected chi connectivity index (χ0v) is 11.7. The van der Waals surface area contributed by atoms with Gasteiger partial charge in [0.1, 0.15) is 0 Å². The highest BCUT2D eigenvalue weighted by Crippen LogP contribution is 2.30. The van der Waals surface area contributed by atoms with E-state index >= 15 is 0 Å². The summed E-state index contributed by atoms with van der Waals surface area (Å²) in [6, 6.07) is 12.4. The Labute approximate surface area is 116 Å². The van der Waals surface area contributed by atoms with Crippen molar-refractivity contribution in [3.63, 3.8) is 0 Å². The van der Waals surface area contributed by atoms with Crippen LogP contribution in [0.2, 0.25) is 0 Å². The first kappa shape index (κ1) is 12.0. The van der Waals surface area contributed by atoms with E-state index in [0.717, 1.165) is 27.8 Å². The maximum Gasteiger partial charge on any atom is 0.190 e. The molecule has 0 saturated heterocycles. The molecule has 0 fully saturated rings. The van der Waals surface area contributed by atoms with Crippen molar-refractivity contribution < 1.29 is 0 Å². The van der Waals surface area contributed by atoms with E-state index in [4.69, 9.17) is 4.98 Å². The van der Waals surface area contributed by atoms with Gasteiger partial charge in [0, 0.05) is 35.6 Å². The number of benzene rings is 1. The highest BCUT2D eigenvalue weighted by Gasteiger charge is 2.10. The van der Waals surface area contributed by atoms with Crippen molar-refractivity contribution in [1.29, 1.82) is 0 Å². The predicted molar refractivity (Wildman–Crippen MR) is 81.1 cm³/mol. The molecule has 3 rings (SSSR count). The Morgan fingerprint density at radius 1 is 1.21 bits per heavy atom. The van der Waals surface area contributed by atoms with Crippen molar-refractivity contribution in [3.05, 3.63) is 53.7 Å². The number of anilines is 2. The standard InChI is InChI=1S/C15H15N3S/c1-11-8-12(9-16-11)14-10-19-15(17-14)18(2)13-6-4-3-5-7-13/h3-10,16H,1-2H3. The summed E-state index contributed by atoms with van der Waals surface area (Å²) in [5, 5.41) is 3.09. The van der Waals surface area contributed by atoms with Gasteiger partial charge in [-0.05, 0) is 25.1 Å². The van der Waals surface area contributed by atoms with E-state index < -0.39 is 0 Å². The fourth-order valence-electron chi connectivity index (χ4n) is 1.97. The van der Waals surface area contributed by atoms with E-state index in [1.807, 2.05) is 38.4 Å². The Bertz CT molecular complexity index is 670. The van der Waals surface area contributed by atoms with Crippen LogP contribution in [-0.2, 0) is 0 Å². The summed E-state index contributed by atoms with van der Waals surface area (Å²) >= 11 is 1.66. The highest BCUT2D eigenvalue weighted by atomic mass is 32.1.